The summed E-state index contributed by atoms with van der Waals surface area (Å²) in [6.07, 6.45) is 1.72. The van der Waals surface area contributed by atoms with Gasteiger partial charge in [0.1, 0.15) is 18.2 Å². The van der Waals surface area contributed by atoms with Gasteiger partial charge in [-0.05, 0) is 78.4 Å². The third-order valence-electron chi connectivity index (χ3n) is 5.06. The van der Waals surface area contributed by atoms with Gasteiger partial charge in [-0.25, -0.2) is 14.2 Å². The summed E-state index contributed by atoms with van der Waals surface area (Å²) in [6.45, 7) is 2.42. The lowest BCUT2D eigenvalue weighted by atomic mass is 10.2. The van der Waals surface area contributed by atoms with E-state index in [2.05, 4.69) is 4.99 Å². The number of hydrogen-bond acceptors (Lipinski definition) is 5. The van der Waals surface area contributed by atoms with E-state index in [0.29, 0.717) is 44.2 Å². The van der Waals surface area contributed by atoms with E-state index >= 15 is 0 Å². The average molecular weight is 511 g/mol. The molecule has 1 saturated heterocycles. The quantitative estimate of drug-likeness (QED) is 0.373. The zero-order valence-electron chi connectivity index (χ0n) is 18.6. The van der Waals surface area contributed by atoms with Crippen LogP contribution in [0.5, 0.6) is 5.75 Å². The molecule has 0 unspecified atom stereocenters. The maximum absolute atomic E-state index is 13.4. The predicted molar refractivity (Wildman–Crippen MR) is 136 cm³/mol. The highest BCUT2D eigenvalue weighted by atomic mass is 35.5. The number of aromatic carboxylic acids is 1. The monoisotopic (exact) mass is 510 g/mol. The molecule has 4 rings (SSSR count). The summed E-state index contributed by atoms with van der Waals surface area (Å²) in [4.78, 5) is 30.6. The van der Waals surface area contributed by atoms with Gasteiger partial charge < -0.3 is 9.84 Å². The molecular weight excluding hydrogens is 491 g/mol. The molecule has 35 heavy (non-hydrogen) atoms. The third-order valence-corrected chi connectivity index (χ3v) is 6.36. The summed E-state index contributed by atoms with van der Waals surface area (Å²) >= 11 is 7.58. The van der Waals surface area contributed by atoms with Gasteiger partial charge in [0.2, 0.25) is 0 Å². The van der Waals surface area contributed by atoms with Gasteiger partial charge in [-0.3, -0.25) is 9.69 Å². The van der Waals surface area contributed by atoms with E-state index in [9.17, 15) is 19.1 Å². The van der Waals surface area contributed by atoms with Crippen LogP contribution in [0.1, 0.15) is 28.4 Å². The van der Waals surface area contributed by atoms with Gasteiger partial charge in [0.05, 0.1) is 21.2 Å². The number of aliphatic imine (C=N–C) groups is 1. The molecule has 1 N–H and O–H groups in total. The van der Waals surface area contributed by atoms with Crippen molar-refractivity contribution in [2.45, 2.75) is 13.5 Å². The Kier molecular flexibility index (Phi) is 7.53. The van der Waals surface area contributed by atoms with Crippen LogP contribution in [0.25, 0.3) is 6.08 Å². The number of benzene rings is 3. The molecule has 0 spiro atoms. The van der Waals surface area contributed by atoms with Crippen LogP contribution < -0.4 is 4.74 Å². The van der Waals surface area contributed by atoms with Gasteiger partial charge in [0.15, 0.2) is 5.17 Å². The number of carbonyl (C=O) groups is 2. The van der Waals surface area contributed by atoms with Crippen molar-refractivity contribution in [2.75, 3.05) is 6.54 Å². The van der Waals surface area contributed by atoms with E-state index in [-0.39, 0.29) is 23.9 Å². The lowest BCUT2D eigenvalue weighted by molar-refractivity contribution is -0.122. The van der Waals surface area contributed by atoms with E-state index in [0.717, 1.165) is 0 Å². The van der Waals surface area contributed by atoms with Crippen molar-refractivity contribution in [3.05, 3.63) is 99.2 Å². The molecule has 1 amide bonds. The number of carboxylic acid groups (broad SMARTS) is 1. The number of carboxylic acids is 1. The Hall–Kier alpha value is -3.62. The number of carbonyl (C=O) groups excluding carboxylic acids is 1. The molecule has 0 aliphatic carbocycles. The summed E-state index contributed by atoms with van der Waals surface area (Å²) in [5.74, 6) is -1.14. The van der Waals surface area contributed by atoms with Gasteiger partial charge in [0.25, 0.3) is 5.91 Å². The molecule has 3 aromatic carbocycles. The molecule has 1 fully saturated rings. The number of rotatable bonds is 7. The Bertz CT molecular complexity index is 1360. The average Bonchev–Trinajstić information content (AvgIpc) is 3.12. The number of thioether (sulfide) groups is 1. The van der Waals surface area contributed by atoms with Gasteiger partial charge in [0, 0.05) is 6.54 Å². The highest BCUT2D eigenvalue weighted by Gasteiger charge is 2.32. The van der Waals surface area contributed by atoms with Crippen molar-refractivity contribution >= 4 is 52.2 Å². The van der Waals surface area contributed by atoms with Gasteiger partial charge in [-0.2, -0.15) is 0 Å². The third kappa shape index (κ3) is 5.90. The molecule has 9 heteroatoms. The number of amidine groups is 1. The molecular formula is C26H20ClFN2O4S. The van der Waals surface area contributed by atoms with Crippen LogP contribution in [0.2, 0.25) is 5.02 Å². The highest BCUT2D eigenvalue weighted by Crippen LogP contribution is 2.35. The fraction of sp³-hybridized carbons (Fsp3) is 0.115. The van der Waals surface area contributed by atoms with Crippen molar-refractivity contribution in [3.8, 4) is 5.75 Å². The number of nitrogens with zero attached hydrogens (tertiary/aromatic N) is 2. The van der Waals surface area contributed by atoms with Crippen LogP contribution in [-0.4, -0.2) is 33.6 Å². The summed E-state index contributed by atoms with van der Waals surface area (Å²) in [5, 5.41) is 10.0. The number of ether oxygens (including phenoxy) is 1. The first-order valence-electron chi connectivity index (χ1n) is 10.6. The second-order valence-corrected chi connectivity index (χ2v) is 8.93. The first kappa shape index (κ1) is 24.5. The summed E-state index contributed by atoms with van der Waals surface area (Å²) in [7, 11) is 0. The second kappa shape index (κ2) is 10.8. The van der Waals surface area contributed by atoms with E-state index in [1.54, 1.807) is 48.5 Å². The maximum atomic E-state index is 13.4. The Morgan fingerprint density at radius 1 is 1.17 bits per heavy atom. The Morgan fingerprint density at radius 3 is 2.69 bits per heavy atom. The summed E-state index contributed by atoms with van der Waals surface area (Å²) in [5.41, 5.74) is 1.95. The molecule has 0 saturated carbocycles. The molecule has 1 heterocycles. The smallest absolute Gasteiger partial charge is 0.335 e. The minimum atomic E-state index is -1.05. The lowest BCUT2D eigenvalue weighted by Crippen LogP contribution is -2.28. The Balaban J connectivity index is 1.53. The molecule has 1 aliphatic heterocycles. The summed E-state index contributed by atoms with van der Waals surface area (Å²) in [6, 6.07) is 17.5. The zero-order chi connectivity index (χ0) is 24.9. The topological polar surface area (TPSA) is 79.2 Å². The van der Waals surface area contributed by atoms with Gasteiger partial charge >= 0.3 is 5.97 Å². The van der Waals surface area contributed by atoms with Crippen LogP contribution in [0.4, 0.5) is 10.1 Å². The predicted octanol–water partition coefficient (Wildman–Crippen LogP) is 6.38. The van der Waals surface area contributed by atoms with E-state index in [1.807, 2.05) is 6.92 Å². The van der Waals surface area contributed by atoms with E-state index < -0.39 is 5.97 Å². The van der Waals surface area contributed by atoms with Crippen molar-refractivity contribution in [2.24, 2.45) is 4.99 Å². The van der Waals surface area contributed by atoms with Gasteiger partial charge in [-0.15, -0.1) is 0 Å². The van der Waals surface area contributed by atoms with Crippen LogP contribution in [-0.2, 0) is 11.4 Å². The molecule has 1 aliphatic rings. The molecule has 0 aromatic heterocycles. The normalized spacial score (nSPS) is 15.7. The SMILES string of the molecule is CCN1C(=O)C(=Cc2ccc(OCc3cccc(F)c3)c(Cl)c2)SC1=Nc1cccc(C(=O)O)c1. The number of hydrogen-bond donors (Lipinski definition) is 1. The van der Waals surface area contributed by atoms with Gasteiger partial charge in [-0.1, -0.05) is 35.9 Å². The van der Waals surface area contributed by atoms with Crippen LogP contribution in [0.15, 0.2) is 76.6 Å². The second-order valence-electron chi connectivity index (χ2n) is 7.52. The molecule has 0 bridgehead atoms. The minimum Gasteiger partial charge on any atom is -0.487 e. The van der Waals surface area contributed by atoms with Crippen molar-refractivity contribution in [1.29, 1.82) is 0 Å². The standard InChI is InChI=1S/C26H20ClFN2O4S/c1-2-30-24(31)23(35-26(30)29-20-8-4-6-18(14-20)25(32)33)13-16-9-10-22(21(27)12-16)34-15-17-5-3-7-19(28)11-17/h3-14H,2,15H2,1H3,(H,32,33). The largest absolute Gasteiger partial charge is 0.487 e. The number of likely N-dealkylation sites (N-methyl/N-ethyl adjacent to an activating group) is 1. The Labute approximate surface area is 210 Å². The molecule has 0 atom stereocenters. The fourth-order valence-electron chi connectivity index (χ4n) is 3.35. The Morgan fingerprint density at radius 2 is 1.97 bits per heavy atom. The molecule has 3 aromatic rings. The number of amides is 1. The van der Waals surface area contributed by atoms with Crippen molar-refractivity contribution < 1.29 is 23.8 Å². The summed E-state index contributed by atoms with van der Waals surface area (Å²) < 4.78 is 19.1. The maximum Gasteiger partial charge on any atom is 0.335 e. The lowest BCUT2D eigenvalue weighted by Gasteiger charge is -2.12. The number of halogens is 2. The molecule has 0 radical (unpaired) electrons. The van der Waals surface area contributed by atoms with Crippen LogP contribution in [0.3, 0.4) is 0 Å². The van der Waals surface area contributed by atoms with E-state index in [4.69, 9.17) is 16.3 Å². The highest BCUT2D eigenvalue weighted by molar-refractivity contribution is 8.18. The zero-order valence-corrected chi connectivity index (χ0v) is 20.1. The van der Waals surface area contributed by atoms with E-state index in [1.165, 1.54) is 40.9 Å². The van der Waals surface area contributed by atoms with Crippen LogP contribution >= 0.6 is 23.4 Å². The minimum absolute atomic E-state index is 0.120. The van der Waals surface area contributed by atoms with Crippen molar-refractivity contribution in [3.63, 3.8) is 0 Å². The first-order valence-corrected chi connectivity index (χ1v) is 11.8. The van der Waals surface area contributed by atoms with Crippen LogP contribution in [0, 0.1) is 5.82 Å². The van der Waals surface area contributed by atoms with Crippen molar-refractivity contribution in [1.82, 2.24) is 4.90 Å². The first-order chi connectivity index (χ1) is 16.8. The molecule has 6 nitrogen and oxygen atoms in total. The molecule has 178 valence electrons. The fourth-order valence-corrected chi connectivity index (χ4v) is 4.66.